The van der Waals surface area contributed by atoms with Crippen LogP contribution in [0.15, 0.2) is 29.2 Å². The monoisotopic (exact) mass is 334 g/mol. The highest BCUT2D eigenvalue weighted by molar-refractivity contribution is 7.91. The van der Waals surface area contributed by atoms with Gasteiger partial charge in [0.25, 0.3) is 0 Å². The lowest BCUT2D eigenvalue weighted by Gasteiger charge is -2.08. The molecule has 0 aliphatic carbocycles. The Morgan fingerprint density at radius 1 is 1.00 bits per heavy atom. The number of hydrogen-bond acceptors (Lipinski definition) is 5. The van der Waals surface area contributed by atoms with Crippen molar-refractivity contribution in [3.63, 3.8) is 0 Å². The van der Waals surface area contributed by atoms with Crippen LogP contribution in [-0.2, 0) is 19.9 Å². The van der Waals surface area contributed by atoms with Crippen molar-refractivity contribution in [2.75, 3.05) is 30.4 Å². The molecule has 1 rings (SSSR count). The summed E-state index contributed by atoms with van der Waals surface area (Å²) >= 11 is 0. The van der Waals surface area contributed by atoms with Crippen molar-refractivity contribution in [3.8, 4) is 0 Å². The van der Waals surface area contributed by atoms with Crippen molar-refractivity contribution in [2.45, 2.75) is 24.7 Å². The highest BCUT2D eigenvalue weighted by Crippen LogP contribution is 2.15. The molecular weight excluding hydrogens is 312 g/mol. The van der Waals surface area contributed by atoms with Crippen molar-refractivity contribution in [2.24, 2.45) is 0 Å². The molecule has 0 aliphatic heterocycles. The fourth-order valence-corrected chi connectivity index (χ4v) is 3.58. The summed E-state index contributed by atoms with van der Waals surface area (Å²) in [6.45, 7) is 2.80. The molecule has 0 saturated carbocycles. The van der Waals surface area contributed by atoms with Crippen molar-refractivity contribution in [1.82, 2.24) is 4.72 Å². The van der Waals surface area contributed by atoms with Crippen LogP contribution in [0.3, 0.4) is 0 Å². The van der Waals surface area contributed by atoms with Crippen LogP contribution in [0.4, 0.5) is 5.69 Å². The average Bonchev–Trinajstić information content (AvgIpc) is 2.37. The second kappa shape index (κ2) is 7.77. The molecule has 0 heterocycles. The molecule has 2 N–H and O–H groups in total. The Labute approximate surface area is 126 Å². The standard InChI is InChI=1S/C13H22N2O4S2/c1-3-11-21(18,19)13-7-5-12(6-8-13)14-9-4-10-15-20(2,16)17/h5-8,14-15H,3-4,9-11H2,1-2H3. The summed E-state index contributed by atoms with van der Waals surface area (Å²) in [4.78, 5) is 0.327. The van der Waals surface area contributed by atoms with E-state index in [0.717, 1.165) is 11.9 Å². The van der Waals surface area contributed by atoms with Gasteiger partial charge in [0.15, 0.2) is 9.84 Å². The number of sulfone groups is 1. The summed E-state index contributed by atoms with van der Waals surface area (Å²) in [5, 5.41) is 3.11. The minimum absolute atomic E-state index is 0.150. The lowest BCUT2D eigenvalue weighted by Crippen LogP contribution is -2.24. The van der Waals surface area contributed by atoms with Crippen LogP contribution >= 0.6 is 0 Å². The van der Waals surface area contributed by atoms with Crippen molar-refractivity contribution in [3.05, 3.63) is 24.3 Å². The lowest BCUT2D eigenvalue weighted by molar-refractivity contribution is 0.586. The maximum atomic E-state index is 11.9. The smallest absolute Gasteiger partial charge is 0.208 e. The molecule has 0 aliphatic rings. The Hall–Kier alpha value is -1.12. The van der Waals surface area contributed by atoms with Gasteiger partial charge in [-0.3, -0.25) is 0 Å². The van der Waals surface area contributed by atoms with Crippen molar-refractivity contribution >= 4 is 25.5 Å². The maximum Gasteiger partial charge on any atom is 0.208 e. The maximum absolute atomic E-state index is 11.9. The van der Waals surface area contributed by atoms with E-state index in [4.69, 9.17) is 0 Å². The second-order valence-electron chi connectivity index (χ2n) is 4.79. The summed E-state index contributed by atoms with van der Waals surface area (Å²) in [6, 6.07) is 6.60. The van der Waals surface area contributed by atoms with Crippen molar-refractivity contribution in [1.29, 1.82) is 0 Å². The van der Waals surface area contributed by atoms with Gasteiger partial charge < -0.3 is 5.32 Å². The molecule has 0 fully saturated rings. The van der Waals surface area contributed by atoms with E-state index in [1.165, 1.54) is 0 Å². The Kier molecular flexibility index (Phi) is 6.63. The van der Waals surface area contributed by atoms with Crippen LogP contribution in [0.25, 0.3) is 0 Å². The van der Waals surface area contributed by atoms with E-state index in [1.807, 2.05) is 6.92 Å². The lowest BCUT2D eigenvalue weighted by atomic mass is 10.3. The molecule has 0 atom stereocenters. The van der Waals surface area contributed by atoms with Crippen LogP contribution in [0.5, 0.6) is 0 Å². The number of rotatable bonds is 9. The Balaban J connectivity index is 2.45. The largest absolute Gasteiger partial charge is 0.385 e. The Morgan fingerprint density at radius 3 is 2.14 bits per heavy atom. The van der Waals surface area contributed by atoms with Gasteiger partial charge in [-0.05, 0) is 37.1 Å². The highest BCUT2D eigenvalue weighted by Gasteiger charge is 2.12. The van der Waals surface area contributed by atoms with Gasteiger partial charge in [0, 0.05) is 18.8 Å². The van der Waals surface area contributed by atoms with E-state index in [9.17, 15) is 16.8 Å². The number of benzene rings is 1. The normalized spacial score (nSPS) is 12.3. The molecule has 0 saturated heterocycles. The van der Waals surface area contributed by atoms with Gasteiger partial charge in [-0.2, -0.15) is 0 Å². The summed E-state index contributed by atoms with van der Waals surface area (Å²) in [5.41, 5.74) is 0.810. The quantitative estimate of drug-likeness (QED) is 0.663. The van der Waals surface area contributed by atoms with Gasteiger partial charge in [0.1, 0.15) is 0 Å². The van der Waals surface area contributed by atoms with Gasteiger partial charge in [-0.25, -0.2) is 21.6 Å². The molecule has 0 aromatic heterocycles. The van der Waals surface area contributed by atoms with E-state index in [0.29, 0.717) is 30.8 Å². The third-order valence-corrected chi connectivity index (χ3v) is 5.40. The van der Waals surface area contributed by atoms with Crippen LogP contribution < -0.4 is 10.0 Å². The molecule has 0 bridgehead atoms. The molecule has 8 heteroatoms. The number of nitrogens with one attached hydrogen (secondary N) is 2. The number of hydrogen-bond donors (Lipinski definition) is 2. The zero-order valence-corrected chi connectivity index (χ0v) is 13.9. The van der Waals surface area contributed by atoms with E-state index >= 15 is 0 Å². The van der Waals surface area contributed by atoms with Gasteiger partial charge in [0.2, 0.25) is 10.0 Å². The minimum atomic E-state index is -3.18. The fourth-order valence-electron chi connectivity index (χ4n) is 1.75. The molecule has 6 nitrogen and oxygen atoms in total. The topological polar surface area (TPSA) is 92.3 Å². The first-order valence-corrected chi connectivity index (χ1v) is 10.3. The van der Waals surface area contributed by atoms with Gasteiger partial charge in [-0.15, -0.1) is 0 Å². The third-order valence-electron chi connectivity index (χ3n) is 2.73. The Morgan fingerprint density at radius 2 is 1.62 bits per heavy atom. The highest BCUT2D eigenvalue weighted by atomic mass is 32.2. The first-order valence-electron chi connectivity index (χ1n) is 6.76. The molecule has 0 amide bonds. The van der Waals surface area contributed by atoms with Crippen LogP contribution in [-0.4, -0.2) is 41.9 Å². The summed E-state index contributed by atoms with van der Waals surface area (Å²) in [6.07, 6.45) is 2.36. The first kappa shape index (κ1) is 17.9. The summed E-state index contributed by atoms with van der Waals surface area (Å²) in [5.74, 6) is 0.150. The second-order valence-corrected chi connectivity index (χ2v) is 8.73. The van der Waals surface area contributed by atoms with E-state index in [1.54, 1.807) is 24.3 Å². The third kappa shape index (κ3) is 6.92. The van der Waals surface area contributed by atoms with E-state index in [-0.39, 0.29) is 5.75 Å². The molecule has 21 heavy (non-hydrogen) atoms. The predicted octanol–water partition coefficient (Wildman–Crippen LogP) is 1.22. The molecule has 0 unspecified atom stereocenters. The van der Waals surface area contributed by atoms with E-state index in [2.05, 4.69) is 10.0 Å². The fraction of sp³-hybridized carbons (Fsp3) is 0.538. The summed E-state index contributed by atoms with van der Waals surface area (Å²) < 4.78 is 47.8. The number of sulfonamides is 1. The predicted molar refractivity (Wildman–Crippen MR) is 84.7 cm³/mol. The zero-order chi connectivity index (χ0) is 15.9. The number of anilines is 1. The van der Waals surface area contributed by atoms with Crippen molar-refractivity contribution < 1.29 is 16.8 Å². The van der Waals surface area contributed by atoms with Crippen LogP contribution in [0.1, 0.15) is 19.8 Å². The average molecular weight is 334 g/mol. The summed E-state index contributed by atoms with van der Waals surface area (Å²) in [7, 11) is -6.32. The molecule has 0 radical (unpaired) electrons. The molecule has 120 valence electrons. The van der Waals surface area contributed by atoms with Gasteiger partial charge in [0.05, 0.1) is 16.9 Å². The van der Waals surface area contributed by atoms with Crippen LogP contribution in [0, 0.1) is 0 Å². The molecule has 1 aromatic carbocycles. The molecular formula is C13H22N2O4S2. The van der Waals surface area contributed by atoms with Gasteiger partial charge in [-0.1, -0.05) is 6.92 Å². The van der Waals surface area contributed by atoms with Crippen LogP contribution in [0.2, 0.25) is 0 Å². The zero-order valence-electron chi connectivity index (χ0n) is 12.3. The SMILES string of the molecule is CCCS(=O)(=O)c1ccc(NCCCNS(C)(=O)=O)cc1. The molecule has 0 spiro atoms. The molecule has 1 aromatic rings. The Bertz CT molecular complexity index is 637. The van der Waals surface area contributed by atoms with Gasteiger partial charge >= 0.3 is 0 Å². The minimum Gasteiger partial charge on any atom is -0.385 e. The van der Waals surface area contributed by atoms with E-state index < -0.39 is 19.9 Å². The first-order chi connectivity index (χ1) is 9.74.